The van der Waals surface area contributed by atoms with Crippen LogP contribution in [0.5, 0.6) is 0 Å². The molecular formula is C21H26F2N2O2S. The standard InChI is InChI=1S/C20H23F2NOS.CH3NO/c1-2-3-4-5-6-7-14-13-18(24)23-10-11-25-20(23)19(14)15-8-9-16(21)17(22)12-15;2-1-3/h8-9,12-13H,2-7,10-11H2,1H3;1H,(H2,2,3). The molecule has 1 aliphatic heterocycles. The first-order valence-corrected chi connectivity index (χ1v) is 10.5. The number of fused-ring (bicyclic) bond motifs is 1. The van der Waals surface area contributed by atoms with Gasteiger partial charge in [0.05, 0.1) is 5.03 Å². The molecule has 1 aromatic carbocycles. The number of nitrogens with zero attached hydrogens (tertiary/aromatic N) is 1. The maximum Gasteiger partial charge on any atom is 0.251 e. The number of primary amides is 1. The Morgan fingerprint density at radius 1 is 1.14 bits per heavy atom. The fourth-order valence-electron chi connectivity index (χ4n) is 3.34. The van der Waals surface area contributed by atoms with Crippen molar-refractivity contribution < 1.29 is 13.6 Å². The third-order valence-corrected chi connectivity index (χ3v) is 5.74. The highest BCUT2D eigenvalue weighted by atomic mass is 32.2. The van der Waals surface area contributed by atoms with E-state index in [4.69, 9.17) is 4.79 Å². The molecular weight excluding hydrogens is 382 g/mol. The number of carbonyl (C=O) groups excluding carboxylic acids is 1. The highest BCUT2D eigenvalue weighted by Gasteiger charge is 2.22. The predicted molar refractivity (Wildman–Crippen MR) is 109 cm³/mol. The first-order valence-electron chi connectivity index (χ1n) is 9.53. The Hall–Kier alpha value is -2.15. The van der Waals surface area contributed by atoms with Gasteiger partial charge in [-0.3, -0.25) is 9.59 Å². The van der Waals surface area contributed by atoms with Gasteiger partial charge in [-0.25, -0.2) is 8.78 Å². The van der Waals surface area contributed by atoms with E-state index in [9.17, 15) is 13.6 Å². The maximum absolute atomic E-state index is 13.8. The van der Waals surface area contributed by atoms with Gasteiger partial charge in [0.25, 0.3) is 5.56 Å². The van der Waals surface area contributed by atoms with E-state index in [2.05, 4.69) is 12.7 Å². The summed E-state index contributed by atoms with van der Waals surface area (Å²) in [5.41, 5.74) is 6.68. The highest BCUT2D eigenvalue weighted by molar-refractivity contribution is 7.99. The minimum atomic E-state index is -0.848. The largest absolute Gasteiger partial charge is 0.372 e. The molecule has 0 radical (unpaired) electrons. The van der Waals surface area contributed by atoms with Crippen LogP contribution < -0.4 is 11.3 Å². The number of hydrogen-bond acceptors (Lipinski definition) is 3. The van der Waals surface area contributed by atoms with Gasteiger partial charge in [0.2, 0.25) is 6.41 Å². The number of rotatable bonds is 7. The number of halogens is 2. The fraction of sp³-hybridized carbons (Fsp3) is 0.429. The summed E-state index contributed by atoms with van der Waals surface area (Å²) in [6.07, 6.45) is 6.77. The smallest absolute Gasteiger partial charge is 0.251 e. The van der Waals surface area contributed by atoms with E-state index in [0.717, 1.165) is 47.2 Å². The highest BCUT2D eigenvalue weighted by Crippen LogP contribution is 2.37. The van der Waals surface area contributed by atoms with Gasteiger partial charge >= 0.3 is 0 Å². The fourth-order valence-corrected chi connectivity index (χ4v) is 4.54. The van der Waals surface area contributed by atoms with Crippen LogP contribution in [0.2, 0.25) is 0 Å². The number of amides is 1. The van der Waals surface area contributed by atoms with Crippen LogP contribution in [0.25, 0.3) is 11.1 Å². The number of aryl methyl sites for hydroxylation is 1. The summed E-state index contributed by atoms with van der Waals surface area (Å²) in [5.74, 6) is -0.854. The lowest BCUT2D eigenvalue weighted by Crippen LogP contribution is -2.20. The summed E-state index contributed by atoms with van der Waals surface area (Å²) in [7, 11) is 0. The van der Waals surface area contributed by atoms with Gasteiger partial charge in [0, 0.05) is 23.9 Å². The van der Waals surface area contributed by atoms with E-state index in [1.807, 2.05) is 0 Å². The molecule has 0 fully saturated rings. The van der Waals surface area contributed by atoms with E-state index in [1.54, 1.807) is 28.5 Å². The zero-order valence-electron chi connectivity index (χ0n) is 16.0. The minimum absolute atomic E-state index is 0.00916. The van der Waals surface area contributed by atoms with Gasteiger partial charge in [0.1, 0.15) is 0 Å². The van der Waals surface area contributed by atoms with E-state index < -0.39 is 11.6 Å². The molecule has 28 heavy (non-hydrogen) atoms. The van der Waals surface area contributed by atoms with Crippen LogP contribution in [0.3, 0.4) is 0 Å². The van der Waals surface area contributed by atoms with E-state index in [1.165, 1.54) is 25.3 Å². The van der Waals surface area contributed by atoms with Crippen molar-refractivity contribution >= 4 is 18.2 Å². The van der Waals surface area contributed by atoms with Crippen LogP contribution in [0.4, 0.5) is 8.78 Å². The molecule has 0 saturated carbocycles. The van der Waals surface area contributed by atoms with Crippen LogP contribution in [0.15, 0.2) is 34.1 Å². The topological polar surface area (TPSA) is 65.1 Å². The van der Waals surface area contributed by atoms with E-state index in [0.29, 0.717) is 12.1 Å². The summed E-state index contributed by atoms with van der Waals surface area (Å²) in [6, 6.07) is 5.71. The van der Waals surface area contributed by atoms with Crippen LogP contribution in [-0.4, -0.2) is 16.7 Å². The Kier molecular flexibility index (Phi) is 8.70. The number of benzene rings is 1. The molecule has 1 aliphatic rings. The molecule has 0 spiro atoms. The average molecular weight is 409 g/mol. The summed E-state index contributed by atoms with van der Waals surface area (Å²) in [6.45, 7) is 2.85. The number of nitrogens with two attached hydrogens (primary N) is 1. The predicted octanol–water partition coefficient (Wildman–Crippen LogP) is 4.51. The molecule has 1 amide bonds. The summed E-state index contributed by atoms with van der Waals surface area (Å²) >= 11 is 1.62. The SMILES string of the molecule is CCCCCCCc1cc(=O)n2c(c1-c1ccc(F)c(F)c1)SCC2.NC=O. The number of hydrogen-bond donors (Lipinski definition) is 1. The first-order chi connectivity index (χ1) is 13.5. The van der Waals surface area contributed by atoms with Crippen molar-refractivity contribution in [1.82, 2.24) is 4.57 Å². The van der Waals surface area contributed by atoms with E-state index >= 15 is 0 Å². The Labute approximate surface area is 168 Å². The van der Waals surface area contributed by atoms with Gasteiger partial charge in [-0.2, -0.15) is 0 Å². The van der Waals surface area contributed by atoms with Crippen molar-refractivity contribution in [1.29, 1.82) is 0 Å². The van der Waals surface area contributed by atoms with Crippen molar-refractivity contribution in [2.75, 3.05) is 5.75 Å². The lowest BCUT2D eigenvalue weighted by Gasteiger charge is -2.15. The molecule has 0 saturated heterocycles. The molecule has 0 unspecified atom stereocenters. The van der Waals surface area contributed by atoms with Gasteiger partial charge in [-0.15, -0.1) is 11.8 Å². The summed E-state index contributed by atoms with van der Waals surface area (Å²) in [4.78, 5) is 21.0. The van der Waals surface area contributed by atoms with Crippen LogP contribution in [-0.2, 0) is 17.8 Å². The normalized spacial score (nSPS) is 12.2. The Morgan fingerprint density at radius 2 is 1.86 bits per heavy atom. The average Bonchev–Trinajstić information content (AvgIpc) is 3.15. The Morgan fingerprint density at radius 3 is 2.54 bits per heavy atom. The third-order valence-electron chi connectivity index (χ3n) is 4.66. The van der Waals surface area contributed by atoms with Crippen molar-refractivity contribution in [3.05, 3.63) is 51.8 Å². The quantitative estimate of drug-likeness (QED) is 0.541. The van der Waals surface area contributed by atoms with Gasteiger partial charge < -0.3 is 10.3 Å². The molecule has 2 N–H and O–H groups in total. The van der Waals surface area contributed by atoms with Crippen molar-refractivity contribution in [2.24, 2.45) is 5.73 Å². The first kappa shape index (κ1) is 22.1. The maximum atomic E-state index is 13.8. The van der Waals surface area contributed by atoms with Crippen molar-refractivity contribution in [3.63, 3.8) is 0 Å². The zero-order valence-corrected chi connectivity index (χ0v) is 16.9. The molecule has 152 valence electrons. The van der Waals surface area contributed by atoms with Crippen LogP contribution in [0.1, 0.15) is 44.6 Å². The summed E-state index contributed by atoms with van der Waals surface area (Å²) in [5, 5.41) is 0.891. The molecule has 3 rings (SSSR count). The lowest BCUT2D eigenvalue weighted by atomic mass is 9.97. The molecule has 7 heteroatoms. The molecule has 2 heterocycles. The van der Waals surface area contributed by atoms with E-state index in [-0.39, 0.29) is 12.0 Å². The monoisotopic (exact) mass is 408 g/mol. The number of unbranched alkanes of at least 4 members (excludes halogenated alkanes) is 4. The molecule has 0 atom stereocenters. The Balaban J connectivity index is 0.000000878. The zero-order chi connectivity index (χ0) is 20.5. The van der Waals surface area contributed by atoms with Crippen molar-refractivity contribution in [2.45, 2.75) is 57.0 Å². The molecule has 4 nitrogen and oxygen atoms in total. The molecule has 0 aliphatic carbocycles. The Bertz CT molecular complexity index is 868. The molecule has 0 bridgehead atoms. The number of pyridine rings is 1. The second kappa shape index (κ2) is 11.0. The van der Waals surface area contributed by atoms with Gasteiger partial charge in [-0.1, -0.05) is 38.7 Å². The van der Waals surface area contributed by atoms with Gasteiger partial charge in [-0.05, 0) is 36.1 Å². The van der Waals surface area contributed by atoms with Gasteiger partial charge in [0.15, 0.2) is 11.6 Å². The number of aromatic nitrogens is 1. The second-order valence-corrected chi connectivity index (χ2v) is 7.70. The second-order valence-electron chi connectivity index (χ2n) is 6.62. The molecule has 1 aromatic heterocycles. The van der Waals surface area contributed by atoms with Crippen molar-refractivity contribution in [3.8, 4) is 11.1 Å². The van der Waals surface area contributed by atoms with Crippen LogP contribution in [0, 0.1) is 11.6 Å². The number of thioether (sulfide) groups is 1. The molecule has 2 aromatic rings. The third kappa shape index (κ3) is 5.44. The minimum Gasteiger partial charge on any atom is -0.372 e. The number of carbonyl (C=O) groups is 1. The van der Waals surface area contributed by atoms with Crippen LogP contribution >= 0.6 is 11.8 Å². The summed E-state index contributed by atoms with van der Waals surface area (Å²) < 4.78 is 28.9. The lowest BCUT2D eigenvalue weighted by molar-refractivity contribution is -0.106.